The van der Waals surface area contributed by atoms with Gasteiger partial charge in [-0.05, 0) is 30.9 Å². The Morgan fingerprint density at radius 1 is 1.33 bits per heavy atom. The van der Waals surface area contributed by atoms with Crippen LogP contribution in [0.2, 0.25) is 0 Å². The smallest absolute Gasteiger partial charge is 0.250 e. The Morgan fingerprint density at radius 3 is 2.88 bits per heavy atom. The third-order valence-electron chi connectivity index (χ3n) is 2.76. The Labute approximate surface area is 149 Å². The number of aromatic nitrogens is 2. The number of amides is 1. The van der Waals surface area contributed by atoms with Gasteiger partial charge >= 0.3 is 0 Å². The molecule has 0 aliphatic carbocycles. The number of aromatic hydroxyl groups is 1. The maximum atomic E-state index is 11.8. The second-order valence-corrected chi connectivity index (χ2v) is 6.93. The highest BCUT2D eigenvalue weighted by atomic mass is 32.2. The van der Waals surface area contributed by atoms with Crippen molar-refractivity contribution < 1.29 is 9.90 Å². The molecule has 2 N–H and O–H groups in total. The standard InChI is InChI=1S/C16H18N4O2S2/c1-3-23-16-18-11(2)8-15(19-16)24-10-14(22)20-17-9-12-6-4-5-7-13(12)21/h4-9,21H,3,10H2,1-2H3,(H,20,22). The molecule has 0 bridgehead atoms. The van der Waals surface area contributed by atoms with E-state index >= 15 is 0 Å². The molecule has 2 aromatic rings. The number of aryl methyl sites for hydroxylation is 1. The van der Waals surface area contributed by atoms with E-state index in [-0.39, 0.29) is 17.4 Å². The van der Waals surface area contributed by atoms with Crippen LogP contribution in [0.4, 0.5) is 0 Å². The number of nitrogens with zero attached hydrogens (tertiary/aromatic N) is 3. The molecule has 0 aliphatic rings. The SMILES string of the molecule is CCSc1nc(C)cc(SCC(=O)NN=Cc2ccccc2O)n1. The number of hydrogen-bond acceptors (Lipinski definition) is 7. The van der Waals surface area contributed by atoms with Gasteiger partial charge in [0, 0.05) is 11.3 Å². The van der Waals surface area contributed by atoms with Gasteiger partial charge < -0.3 is 5.11 Å². The van der Waals surface area contributed by atoms with Gasteiger partial charge in [-0.25, -0.2) is 15.4 Å². The van der Waals surface area contributed by atoms with Crippen LogP contribution in [0.1, 0.15) is 18.2 Å². The molecular weight excluding hydrogens is 344 g/mol. The van der Waals surface area contributed by atoms with Gasteiger partial charge in [0.15, 0.2) is 5.16 Å². The number of hydrogen-bond donors (Lipinski definition) is 2. The lowest BCUT2D eigenvalue weighted by Crippen LogP contribution is -2.19. The highest BCUT2D eigenvalue weighted by Crippen LogP contribution is 2.20. The molecule has 0 aliphatic heterocycles. The van der Waals surface area contributed by atoms with E-state index in [1.165, 1.54) is 18.0 Å². The van der Waals surface area contributed by atoms with Crippen LogP contribution in [-0.2, 0) is 4.79 Å². The molecule has 0 fully saturated rings. The van der Waals surface area contributed by atoms with E-state index in [0.717, 1.165) is 21.6 Å². The third-order valence-corrected chi connectivity index (χ3v) is 4.41. The van der Waals surface area contributed by atoms with Crippen molar-refractivity contribution in [2.24, 2.45) is 5.10 Å². The summed E-state index contributed by atoms with van der Waals surface area (Å²) in [6.45, 7) is 3.95. The number of benzene rings is 1. The first-order chi connectivity index (χ1) is 11.6. The molecule has 24 heavy (non-hydrogen) atoms. The maximum absolute atomic E-state index is 11.8. The predicted molar refractivity (Wildman–Crippen MR) is 97.7 cm³/mol. The number of para-hydroxylation sites is 1. The number of phenolic OH excluding ortho intramolecular Hbond substituents is 1. The molecule has 8 heteroatoms. The quantitative estimate of drug-likeness (QED) is 0.259. The van der Waals surface area contributed by atoms with Crippen LogP contribution in [0, 0.1) is 6.92 Å². The second kappa shape index (κ2) is 9.29. The van der Waals surface area contributed by atoms with Crippen LogP contribution in [0.25, 0.3) is 0 Å². The van der Waals surface area contributed by atoms with Gasteiger partial charge in [0.25, 0.3) is 0 Å². The summed E-state index contributed by atoms with van der Waals surface area (Å²) in [4.78, 5) is 20.6. The first-order valence-corrected chi connectivity index (χ1v) is 9.26. The van der Waals surface area contributed by atoms with Gasteiger partial charge in [-0.15, -0.1) is 0 Å². The van der Waals surface area contributed by atoms with Crippen molar-refractivity contribution in [2.45, 2.75) is 24.0 Å². The number of carbonyl (C=O) groups is 1. The fourth-order valence-electron chi connectivity index (χ4n) is 1.72. The van der Waals surface area contributed by atoms with Gasteiger partial charge in [0.2, 0.25) is 5.91 Å². The molecule has 0 radical (unpaired) electrons. The Kier molecular flexibility index (Phi) is 7.07. The van der Waals surface area contributed by atoms with Gasteiger partial charge in [-0.1, -0.05) is 42.6 Å². The van der Waals surface area contributed by atoms with Crippen molar-refractivity contribution in [3.05, 3.63) is 41.6 Å². The van der Waals surface area contributed by atoms with Crippen molar-refractivity contribution in [1.29, 1.82) is 0 Å². The van der Waals surface area contributed by atoms with Gasteiger partial charge in [0.1, 0.15) is 10.8 Å². The molecule has 1 aromatic carbocycles. The molecule has 6 nitrogen and oxygen atoms in total. The maximum Gasteiger partial charge on any atom is 0.250 e. The fourth-order valence-corrected chi connectivity index (χ4v) is 3.16. The minimum Gasteiger partial charge on any atom is -0.507 e. The summed E-state index contributed by atoms with van der Waals surface area (Å²) < 4.78 is 0. The van der Waals surface area contributed by atoms with E-state index in [0.29, 0.717) is 5.56 Å². The van der Waals surface area contributed by atoms with Gasteiger partial charge in [-0.3, -0.25) is 4.79 Å². The van der Waals surface area contributed by atoms with E-state index in [4.69, 9.17) is 0 Å². The molecule has 0 saturated carbocycles. The van der Waals surface area contributed by atoms with Crippen LogP contribution in [0.5, 0.6) is 5.75 Å². The minimum atomic E-state index is -0.243. The van der Waals surface area contributed by atoms with E-state index in [1.54, 1.807) is 36.0 Å². The lowest BCUT2D eigenvalue weighted by molar-refractivity contribution is -0.118. The molecule has 126 valence electrons. The lowest BCUT2D eigenvalue weighted by atomic mass is 10.2. The van der Waals surface area contributed by atoms with Crippen molar-refractivity contribution in [1.82, 2.24) is 15.4 Å². The Hall–Kier alpha value is -2.06. The van der Waals surface area contributed by atoms with Crippen LogP contribution in [-0.4, -0.2) is 38.7 Å². The Morgan fingerprint density at radius 2 is 2.12 bits per heavy atom. The van der Waals surface area contributed by atoms with Gasteiger partial charge in [0.05, 0.1) is 12.0 Å². The molecule has 0 saturated heterocycles. The predicted octanol–water partition coefficient (Wildman–Crippen LogP) is 2.85. The largest absolute Gasteiger partial charge is 0.507 e. The number of hydrazone groups is 1. The summed E-state index contributed by atoms with van der Waals surface area (Å²) in [5.41, 5.74) is 3.85. The number of rotatable bonds is 7. The molecule has 1 amide bonds. The van der Waals surface area contributed by atoms with Crippen LogP contribution < -0.4 is 5.43 Å². The summed E-state index contributed by atoms with van der Waals surface area (Å²) >= 11 is 2.90. The number of carbonyl (C=O) groups excluding carboxylic acids is 1. The summed E-state index contributed by atoms with van der Waals surface area (Å²) in [6.07, 6.45) is 1.41. The second-order valence-electron chi connectivity index (χ2n) is 4.70. The van der Waals surface area contributed by atoms with Crippen LogP contribution >= 0.6 is 23.5 Å². The minimum absolute atomic E-state index is 0.113. The van der Waals surface area contributed by atoms with Crippen molar-refractivity contribution in [3.8, 4) is 5.75 Å². The highest BCUT2D eigenvalue weighted by Gasteiger charge is 2.06. The highest BCUT2D eigenvalue weighted by molar-refractivity contribution is 8.00. The van der Waals surface area contributed by atoms with Gasteiger partial charge in [-0.2, -0.15) is 5.10 Å². The van der Waals surface area contributed by atoms with E-state index in [1.807, 2.05) is 19.9 Å². The zero-order valence-corrected chi connectivity index (χ0v) is 15.0. The molecule has 2 rings (SSSR count). The lowest BCUT2D eigenvalue weighted by Gasteiger charge is -2.04. The zero-order chi connectivity index (χ0) is 17.4. The topological polar surface area (TPSA) is 87.5 Å². The molecule has 1 aromatic heterocycles. The molecule has 0 atom stereocenters. The van der Waals surface area contributed by atoms with E-state index in [2.05, 4.69) is 20.5 Å². The zero-order valence-electron chi connectivity index (χ0n) is 13.4. The van der Waals surface area contributed by atoms with E-state index < -0.39 is 0 Å². The fraction of sp³-hybridized carbons (Fsp3) is 0.250. The van der Waals surface area contributed by atoms with E-state index in [9.17, 15) is 9.90 Å². The number of phenols is 1. The molecular formula is C16H18N4O2S2. The first-order valence-electron chi connectivity index (χ1n) is 7.29. The number of nitrogens with one attached hydrogen (secondary N) is 1. The normalized spacial score (nSPS) is 10.9. The Balaban J connectivity index is 1.86. The average molecular weight is 362 g/mol. The Bertz CT molecular complexity index is 738. The average Bonchev–Trinajstić information content (AvgIpc) is 2.55. The summed E-state index contributed by atoms with van der Waals surface area (Å²) in [5.74, 6) is 0.967. The van der Waals surface area contributed by atoms with Crippen molar-refractivity contribution in [3.63, 3.8) is 0 Å². The van der Waals surface area contributed by atoms with Crippen molar-refractivity contribution >= 4 is 35.6 Å². The monoisotopic (exact) mass is 362 g/mol. The molecule has 0 unspecified atom stereocenters. The van der Waals surface area contributed by atoms with Crippen molar-refractivity contribution in [2.75, 3.05) is 11.5 Å². The summed E-state index contributed by atoms with van der Waals surface area (Å²) in [6, 6.07) is 8.61. The number of thioether (sulfide) groups is 2. The summed E-state index contributed by atoms with van der Waals surface area (Å²) in [5, 5.41) is 14.9. The molecule has 1 heterocycles. The summed E-state index contributed by atoms with van der Waals surface area (Å²) in [7, 11) is 0. The van der Waals surface area contributed by atoms with Crippen LogP contribution in [0.3, 0.4) is 0 Å². The van der Waals surface area contributed by atoms with Crippen LogP contribution in [0.15, 0.2) is 45.6 Å². The third kappa shape index (κ3) is 5.86. The first kappa shape index (κ1) is 18.3. The molecule has 0 spiro atoms.